The first-order chi connectivity index (χ1) is 8.54. The van der Waals surface area contributed by atoms with Gasteiger partial charge in [-0.1, -0.05) is 4.53 Å². The second-order valence-electron chi connectivity index (χ2n) is 3.26. The molecule has 0 saturated carbocycles. The topological polar surface area (TPSA) is 38.7 Å². The normalized spacial score (nSPS) is 12.4. The Balaban J connectivity index is 3.25. The third kappa shape index (κ3) is 4.28. The predicted molar refractivity (Wildman–Crippen MR) is 47.2 cm³/mol. The lowest BCUT2D eigenvalue weighted by atomic mass is 10.1. The molecule has 1 rings (SSSR count). The zero-order chi connectivity index (χ0) is 14.8. The summed E-state index contributed by atoms with van der Waals surface area (Å²) < 4.78 is 89.6. The van der Waals surface area contributed by atoms with Gasteiger partial charge in [0.15, 0.2) is 0 Å². The molecule has 0 aliphatic carbocycles. The molecule has 0 unspecified atom stereocenters. The summed E-state index contributed by atoms with van der Waals surface area (Å²) in [5, 5.41) is 8.52. The Morgan fingerprint density at radius 1 is 0.895 bits per heavy atom. The number of rotatable bonds is 3. The smallest absolute Gasteiger partial charge is 0.510 e. The van der Waals surface area contributed by atoms with Crippen molar-refractivity contribution in [2.24, 2.45) is 0 Å². The molecule has 0 bridgehead atoms. The average Bonchev–Trinajstić information content (AvgIpc) is 2.26. The van der Waals surface area contributed by atoms with Crippen LogP contribution in [0.15, 0.2) is 18.2 Å². The van der Waals surface area contributed by atoms with E-state index < -0.39 is 36.6 Å². The summed E-state index contributed by atoms with van der Waals surface area (Å²) in [6.45, 7) is 0. The van der Waals surface area contributed by atoms with Gasteiger partial charge in [0.25, 0.3) is 0 Å². The van der Waals surface area contributed by atoms with Gasteiger partial charge in [-0.25, -0.2) is 0 Å². The highest BCUT2D eigenvalue weighted by Crippen LogP contribution is 2.38. The molecule has 1 aromatic rings. The van der Waals surface area contributed by atoms with E-state index in [-0.39, 0.29) is 18.2 Å². The van der Waals surface area contributed by atoms with Gasteiger partial charge < -0.3 is 9.68 Å². The van der Waals surface area contributed by atoms with Crippen LogP contribution in [0.5, 0.6) is 5.75 Å². The summed E-state index contributed by atoms with van der Waals surface area (Å²) in [4.78, 5) is 2.68. The van der Waals surface area contributed by atoms with E-state index in [1.54, 1.807) is 0 Å². The molecule has 0 aliphatic rings. The molecule has 0 fully saturated rings. The molecule has 11 heteroatoms. The van der Waals surface area contributed by atoms with Gasteiger partial charge in [0.1, 0.15) is 5.75 Å². The molecule has 1 aromatic carbocycles. The van der Waals surface area contributed by atoms with Crippen LogP contribution in [0.4, 0.5) is 30.9 Å². The molecular weight excluding hydrogens is 288 g/mol. The number of hydrogen-bond acceptors (Lipinski definition) is 3. The Morgan fingerprint density at radius 2 is 1.32 bits per heavy atom. The molecule has 0 heterocycles. The summed E-state index contributed by atoms with van der Waals surface area (Å²) >= 11 is 0. The summed E-state index contributed by atoms with van der Waals surface area (Å²) in [6.07, 6.45) is -10.1. The van der Waals surface area contributed by atoms with Gasteiger partial charge in [-0.2, -0.15) is 31.2 Å². The van der Waals surface area contributed by atoms with E-state index >= 15 is 0 Å². The van der Waals surface area contributed by atoms with Crippen molar-refractivity contribution in [2.75, 3.05) is 0 Å². The highest BCUT2D eigenvalue weighted by Gasteiger charge is 2.37. The number of alkyl halides is 6. The van der Waals surface area contributed by atoms with E-state index in [1.807, 2.05) is 0 Å². The first-order valence-electron chi connectivity index (χ1n) is 4.45. The molecule has 106 valence electrons. The van der Waals surface area contributed by atoms with Gasteiger partial charge in [-0.3, -0.25) is 0 Å². The van der Waals surface area contributed by atoms with Crippen molar-refractivity contribution in [1.82, 2.24) is 0 Å². The van der Waals surface area contributed by atoms with Crippen molar-refractivity contribution in [3.63, 3.8) is 0 Å². The van der Waals surface area contributed by atoms with Crippen molar-refractivity contribution in [1.29, 1.82) is 0 Å². The molecule has 0 amide bonds. The first-order valence-corrected chi connectivity index (χ1v) is 4.45. The van der Waals surface area contributed by atoms with Crippen molar-refractivity contribution in [3.8, 4) is 5.75 Å². The summed E-state index contributed by atoms with van der Waals surface area (Å²) in [5.74, 6) is -1.05. The minimum atomic E-state index is -5.07. The fraction of sp³-hybridized carbons (Fsp3) is 0.250. The minimum absolute atomic E-state index is 0.143. The predicted octanol–water partition coefficient (Wildman–Crippen LogP) is 2.98. The number of halogens is 7. The second kappa shape index (κ2) is 5.25. The van der Waals surface area contributed by atoms with Crippen molar-refractivity contribution < 1.29 is 45.4 Å². The van der Waals surface area contributed by atoms with Gasteiger partial charge in [0, 0.05) is 0 Å². The van der Waals surface area contributed by atoms with Gasteiger partial charge in [-0.15, -0.1) is 0 Å². The lowest BCUT2D eigenvalue weighted by molar-refractivity contribution is -0.143. The zero-order valence-electron chi connectivity index (χ0n) is 8.72. The Morgan fingerprint density at radius 3 is 1.63 bits per heavy atom. The molecule has 3 nitrogen and oxygen atoms in total. The maximum atomic E-state index is 12.4. The minimum Gasteiger partial charge on any atom is -0.510 e. The van der Waals surface area contributed by atoms with Crippen LogP contribution in [0.1, 0.15) is 11.1 Å². The van der Waals surface area contributed by atoms with Crippen LogP contribution in [-0.4, -0.2) is 12.3 Å². The van der Waals surface area contributed by atoms with Crippen molar-refractivity contribution in [2.45, 2.75) is 12.4 Å². The monoisotopic (exact) mass is 292 g/mol. The molecule has 0 spiro atoms. The summed E-state index contributed by atoms with van der Waals surface area (Å²) in [7, 11) is -2.63. The van der Waals surface area contributed by atoms with Crippen LogP contribution < -0.4 is 4.65 Å². The van der Waals surface area contributed by atoms with E-state index in [0.717, 1.165) is 0 Å². The summed E-state index contributed by atoms with van der Waals surface area (Å²) in [6, 6.07) is 0.185. The largest absolute Gasteiger partial charge is 0.743 e. The maximum absolute atomic E-state index is 12.4. The van der Waals surface area contributed by atoms with Gasteiger partial charge in [-0.05, 0) is 18.2 Å². The highest BCUT2D eigenvalue weighted by atomic mass is 19.4. The first kappa shape index (κ1) is 15.6. The fourth-order valence-electron chi connectivity index (χ4n) is 1.13. The molecule has 0 aromatic heterocycles. The van der Waals surface area contributed by atoms with Crippen LogP contribution in [-0.2, 0) is 17.2 Å². The molecule has 1 N–H and O–H groups in total. The van der Waals surface area contributed by atoms with Gasteiger partial charge in [0.2, 0.25) is 0 Å². The van der Waals surface area contributed by atoms with Gasteiger partial charge in [0.05, 0.1) is 11.1 Å². The quantitative estimate of drug-likeness (QED) is 0.687. The molecular formula is C8H4BF7O3. The summed E-state index contributed by atoms with van der Waals surface area (Å²) in [5.41, 5.74) is -3.33. The average molecular weight is 292 g/mol. The lowest BCUT2D eigenvalue weighted by Gasteiger charge is -2.14. The van der Waals surface area contributed by atoms with Crippen LogP contribution in [0, 0.1) is 0 Å². The van der Waals surface area contributed by atoms with E-state index in [0.29, 0.717) is 0 Å². The highest BCUT2D eigenvalue weighted by molar-refractivity contribution is 6.35. The fourth-order valence-corrected chi connectivity index (χ4v) is 1.13. The maximum Gasteiger partial charge on any atom is 0.743 e. The Bertz CT molecular complexity index is 413. The standard InChI is InChI=1S/C8H4BF7O3/c10-7(11,12)4-1-5(8(13,14)15)3-6(2-4)18-9(17)19-16/h1-3,17H. The number of benzene rings is 1. The van der Waals surface area contributed by atoms with Crippen molar-refractivity contribution in [3.05, 3.63) is 29.3 Å². The second-order valence-corrected chi connectivity index (χ2v) is 3.26. The third-order valence-corrected chi connectivity index (χ3v) is 1.87. The van der Waals surface area contributed by atoms with Crippen molar-refractivity contribution >= 4 is 7.32 Å². The Kier molecular flexibility index (Phi) is 4.30. The molecule has 0 aliphatic heterocycles. The number of hydrogen-bond donors (Lipinski definition) is 1. The Labute approximate surface area is 101 Å². The molecule has 0 saturated heterocycles. The van der Waals surface area contributed by atoms with E-state index in [1.165, 1.54) is 0 Å². The lowest BCUT2D eigenvalue weighted by Crippen LogP contribution is -2.23. The molecule has 0 radical (unpaired) electrons. The molecule has 0 atom stereocenters. The van der Waals surface area contributed by atoms with E-state index in [9.17, 15) is 30.9 Å². The third-order valence-electron chi connectivity index (χ3n) is 1.87. The molecule has 19 heavy (non-hydrogen) atoms. The van der Waals surface area contributed by atoms with Crippen LogP contribution in [0.3, 0.4) is 0 Å². The van der Waals surface area contributed by atoms with E-state index in [4.69, 9.17) is 5.02 Å². The van der Waals surface area contributed by atoms with Crippen LogP contribution in [0.2, 0.25) is 0 Å². The van der Waals surface area contributed by atoms with E-state index in [2.05, 4.69) is 9.51 Å². The SMILES string of the molecule is OB(OF)Oc1cc(C(F)(F)F)cc(C(F)(F)F)c1. The Hall–Kier alpha value is -1.49. The zero-order valence-corrected chi connectivity index (χ0v) is 8.72. The van der Waals surface area contributed by atoms with Crippen LogP contribution >= 0.6 is 0 Å². The van der Waals surface area contributed by atoms with Crippen LogP contribution in [0.25, 0.3) is 0 Å². The van der Waals surface area contributed by atoms with Gasteiger partial charge >= 0.3 is 19.7 Å².